The third kappa shape index (κ3) is 14.1. The summed E-state index contributed by atoms with van der Waals surface area (Å²) in [4.78, 5) is 0. The molecule has 10 rings (SSSR count). The molecule has 0 bridgehead atoms. The summed E-state index contributed by atoms with van der Waals surface area (Å²) in [5.74, 6) is 7.95. The van der Waals surface area contributed by atoms with Crippen molar-refractivity contribution in [1.82, 2.24) is 0 Å². The molecule has 62 heavy (non-hydrogen) atoms. The topological polar surface area (TPSA) is 0 Å². The summed E-state index contributed by atoms with van der Waals surface area (Å²) in [5.41, 5.74) is 3.56. The van der Waals surface area contributed by atoms with E-state index in [1.165, 1.54) is 44.9 Å². The molecule has 0 aromatic carbocycles. The number of halogens is 4. The monoisotopic (exact) mass is 1040 g/mol. The van der Waals surface area contributed by atoms with Crippen molar-refractivity contribution in [3.05, 3.63) is 161 Å². The molecule has 10 aliphatic carbocycles. The van der Waals surface area contributed by atoms with E-state index in [1.54, 1.807) is 0 Å². The van der Waals surface area contributed by atoms with Crippen LogP contribution >= 0.6 is 39.2 Å². The number of fused-ring (bicyclic) bond motifs is 5. The Morgan fingerprint density at radius 2 is 0.694 bits per heavy atom. The van der Waals surface area contributed by atoms with Gasteiger partial charge in [-0.1, -0.05) is 199 Å². The fraction of sp³-hybridized carbons (Fsp3) is 0.519. The van der Waals surface area contributed by atoms with Crippen molar-refractivity contribution in [1.29, 1.82) is 0 Å². The molecule has 0 heterocycles. The van der Waals surface area contributed by atoms with Crippen LogP contribution in [0.15, 0.2) is 146 Å². The Labute approximate surface area is 412 Å². The molecule has 0 N–H and O–H groups in total. The van der Waals surface area contributed by atoms with E-state index in [0.29, 0.717) is 23.7 Å². The summed E-state index contributed by atoms with van der Waals surface area (Å²) in [6, 6.07) is 0. The average Bonchev–Trinajstić information content (AvgIpc) is 4.06. The van der Waals surface area contributed by atoms with Crippen molar-refractivity contribution >= 4 is 62.0 Å². The molecule has 0 aliphatic heterocycles. The van der Waals surface area contributed by atoms with Crippen LogP contribution in [-0.4, -0.2) is 22.8 Å². The predicted molar refractivity (Wildman–Crippen MR) is 287 cm³/mol. The second kappa shape index (κ2) is 25.6. The van der Waals surface area contributed by atoms with E-state index in [4.69, 9.17) is 39.2 Å². The number of rotatable bonds is 4. The van der Waals surface area contributed by atoms with E-state index in [-0.39, 0.29) is 22.3 Å². The van der Waals surface area contributed by atoms with Gasteiger partial charge in [-0.25, -0.2) is 0 Å². The quantitative estimate of drug-likeness (QED) is 0.114. The summed E-state index contributed by atoms with van der Waals surface area (Å²) < 4.78 is 0. The molecule has 0 aromatic heterocycles. The first-order chi connectivity index (χ1) is 28.2. The van der Waals surface area contributed by atoms with Gasteiger partial charge in [-0.3, -0.25) is 0 Å². The van der Waals surface area contributed by atoms with Gasteiger partial charge in [0.15, 0.2) is 0 Å². The van der Waals surface area contributed by atoms with Crippen LogP contribution in [0.5, 0.6) is 0 Å². The van der Waals surface area contributed by atoms with Crippen LogP contribution in [0.3, 0.4) is 0 Å². The van der Waals surface area contributed by atoms with Gasteiger partial charge in [0.1, 0.15) is 0 Å². The van der Waals surface area contributed by atoms with Crippen molar-refractivity contribution in [3.8, 4) is 0 Å². The Morgan fingerprint density at radius 3 is 1.06 bits per heavy atom. The Bertz CT molecular complexity index is 1650. The summed E-state index contributed by atoms with van der Waals surface area (Å²) in [7, 11) is 7.25. The van der Waals surface area contributed by atoms with Gasteiger partial charge in [0, 0.05) is 11.8 Å². The van der Waals surface area contributed by atoms with E-state index in [2.05, 4.69) is 172 Å². The standard InChI is InChI=1S/C20H28Si.C20H24Si.C9H12.C2H6Cl2Si.CH4.2CH3.2ClH.Zr/c2*1-21(2,19-13-11-15-7-3-5-9-17(15)19)20-14-12-16-8-4-6-10-18(16)20;1-2-5-9-7-3-6-8(9)4-1;1-5(2,3)4;;;;;;/h3-10,15-20H,11-14H2,1-2H3;3-20H,1-2H3;1-2,4-5,8-9H,3,6-7H2;1-2H3;1H4;2*1H3;2*1H;/q;;;;;2*-1;;;+4/p-2/t;15?,16?,17?,18?,19-,20?;;;;;;;;/m.1......../s1. The van der Waals surface area contributed by atoms with Crippen LogP contribution in [0, 0.1) is 74.0 Å². The Kier molecular flexibility index (Phi) is 23.1. The third-order valence-electron chi connectivity index (χ3n) is 15.6. The summed E-state index contributed by atoms with van der Waals surface area (Å²) >= 11 is 10.0. The maximum atomic E-state index is 5.43. The molecule has 3 saturated carbocycles. The molecule has 0 nitrogen and oxygen atoms in total. The van der Waals surface area contributed by atoms with Crippen LogP contribution in [0.25, 0.3) is 0 Å². The van der Waals surface area contributed by atoms with Gasteiger partial charge < -0.3 is 14.9 Å². The molecule has 0 saturated heterocycles. The number of hydrogen-bond acceptors (Lipinski definition) is 0. The first-order valence-electron chi connectivity index (χ1n) is 22.7. The Balaban J connectivity index is 0.000000234. The van der Waals surface area contributed by atoms with E-state index in [9.17, 15) is 0 Å². The van der Waals surface area contributed by atoms with Gasteiger partial charge in [0.2, 0.25) is 6.69 Å². The second-order valence-electron chi connectivity index (χ2n) is 20.1. The minimum absolute atomic E-state index is 0. The van der Waals surface area contributed by atoms with Crippen LogP contribution in [0.4, 0.5) is 0 Å². The van der Waals surface area contributed by atoms with Gasteiger partial charge in [-0.05, 0) is 108 Å². The zero-order valence-corrected chi connectivity index (χ0v) is 46.9. The molecule has 8 heteroatoms. The molecular weight excluding hydrogens is 966 g/mol. The molecule has 14 atom stereocenters. The Morgan fingerprint density at radius 1 is 0.387 bits per heavy atom. The minimum atomic E-state index is -1.67. The third-order valence-corrected chi connectivity index (χ3v) is 25.3. The number of hydrogen-bond donors (Lipinski definition) is 0. The molecule has 0 radical (unpaired) electrons. The number of allylic oxidation sites excluding steroid dienone is 24. The molecular formula is C54H80Cl4Si3Zr. The van der Waals surface area contributed by atoms with Gasteiger partial charge in [0.05, 0.1) is 16.1 Å². The van der Waals surface area contributed by atoms with Crippen molar-refractivity contribution in [2.45, 2.75) is 114 Å². The summed E-state index contributed by atoms with van der Waals surface area (Å²) in [6.45, 7) is 12.7. The molecule has 3 fully saturated rings. The fourth-order valence-corrected chi connectivity index (χ4v) is 22.1. The summed E-state index contributed by atoms with van der Waals surface area (Å²) in [5, 5.41) is 0. The van der Waals surface area contributed by atoms with Crippen molar-refractivity contribution in [2.24, 2.45) is 59.2 Å². The van der Waals surface area contributed by atoms with E-state index in [1.807, 2.05) is 13.1 Å². The second-order valence-corrected chi connectivity index (χ2v) is 42.9. The van der Waals surface area contributed by atoms with Gasteiger partial charge in [-0.2, -0.15) is 0 Å². The maximum absolute atomic E-state index is 5.43. The van der Waals surface area contributed by atoms with Gasteiger partial charge in [0.25, 0.3) is 0 Å². The Hall–Kier alpha value is -0.426. The van der Waals surface area contributed by atoms with Crippen molar-refractivity contribution in [3.63, 3.8) is 0 Å². The van der Waals surface area contributed by atoms with Crippen molar-refractivity contribution < 1.29 is 20.8 Å². The summed E-state index contributed by atoms with van der Waals surface area (Å²) in [6.07, 6.45) is 67.0. The average molecular weight is 1050 g/mol. The van der Waals surface area contributed by atoms with Gasteiger partial charge >= 0.3 is 37.9 Å². The van der Waals surface area contributed by atoms with Gasteiger partial charge in [-0.15, -0.1) is 22.2 Å². The van der Waals surface area contributed by atoms with E-state index in [0.717, 1.165) is 57.7 Å². The predicted octanol–water partition coefficient (Wildman–Crippen LogP) is 18.6. The van der Waals surface area contributed by atoms with E-state index >= 15 is 0 Å². The first-order valence-corrected chi connectivity index (χ1v) is 40.4. The van der Waals surface area contributed by atoms with Crippen LogP contribution < -0.4 is 0 Å². The zero-order valence-electron chi connectivity index (χ0n) is 38.4. The van der Waals surface area contributed by atoms with Crippen LogP contribution in [0.2, 0.25) is 61.4 Å². The molecule has 0 spiro atoms. The SMILES string of the molecule is C.C1=CC2CCCC2C=C1.C[Si](C)(C1C=CC2C=CC=CC21)[C@@H]1C=CC2C=CC=CC21.C[Si](C)(C1CCC2C=CC=CC21)C1CCC2C=CC=CC21.C[Si](C)(Cl)Cl.[CH3-].[CH3-].[Cl][Zr+2][Cl]. The fourth-order valence-electron chi connectivity index (χ4n) is 12.7. The molecule has 0 amide bonds. The van der Waals surface area contributed by atoms with Crippen LogP contribution in [0.1, 0.15) is 52.4 Å². The van der Waals surface area contributed by atoms with Crippen molar-refractivity contribution in [2.75, 3.05) is 0 Å². The molecule has 0 aromatic rings. The van der Waals surface area contributed by atoms with E-state index < -0.39 is 43.7 Å². The zero-order chi connectivity index (χ0) is 42.2. The molecule has 340 valence electrons. The normalized spacial score (nSPS) is 36.2. The first kappa shape index (κ1) is 55.9. The van der Waals surface area contributed by atoms with Crippen LogP contribution in [-0.2, 0) is 20.8 Å². The molecule has 13 unspecified atom stereocenters. The molecule has 10 aliphatic rings.